The molecule has 3 unspecified atom stereocenters. The van der Waals surface area contributed by atoms with Gasteiger partial charge < -0.3 is 10.4 Å². The second-order valence-corrected chi connectivity index (χ2v) is 4.81. The van der Waals surface area contributed by atoms with E-state index in [4.69, 9.17) is 0 Å². The monoisotopic (exact) mass is 212 g/mol. The zero-order valence-electron chi connectivity index (χ0n) is 9.28. The summed E-state index contributed by atoms with van der Waals surface area (Å²) in [4.78, 5) is 13.4. The molecule has 0 saturated carbocycles. The summed E-state index contributed by atoms with van der Waals surface area (Å²) in [7, 11) is 0. The van der Waals surface area contributed by atoms with Gasteiger partial charge in [0.05, 0.1) is 6.61 Å². The Morgan fingerprint density at radius 3 is 2.93 bits per heavy atom. The van der Waals surface area contributed by atoms with Crippen molar-refractivity contribution in [2.75, 3.05) is 19.7 Å². The van der Waals surface area contributed by atoms with Crippen LogP contribution in [0.5, 0.6) is 0 Å². The van der Waals surface area contributed by atoms with Gasteiger partial charge in [0.2, 0.25) is 5.91 Å². The second-order valence-electron chi connectivity index (χ2n) is 4.81. The Kier molecular flexibility index (Phi) is 3.26. The van der Waals surface area contributed by atoms with Gasteiger partial charge in [-0.1, -0.05) is 6.92 Å². The van der Waals surface area contributed by atoms with Crippen LogP contribution in [0.3, 0.4) is 0 Å². The standard InChI is InChI=1S/C11H20N2O2/c1-8-4-5-13(10(8)7-14)6-9-2-3-11(15)12-9/h8-10,14H,2-7H2,1H3,(H,12,15). The summed E-state index contributed by atoms with van der Waals surface area (Å²) in [5.74, 6) is 0.750. The molecule has 0 spiro atoms. The lowest BCUT2D eigenvalue weighted by Crippen LogP contribution is -2.43. The van der Waals surface area contributed by atoms with E-state index in [1.165, 1.54) is 0 Å². The number of hydrogen-bond acceptors (Lipinski definition) is 3. The molecule has 2 aliphatic rings. The summed E-state index contributed by atoms with van der Waals surface area (Å²) in [6.45, 7) is 4.38. The maximum Gasteiger partial charge on any atom is 0.220 e. The van der Waals surface area contributed by atoms with Gasteiger partial charge in [0.1, 0.15) is 0 Å². The molecule has 1 amide bonds. The van der Waals surface area contributed by atoms with Crippen molar-refractivity contribution in [2.45, 2.75) is 38.3 Å². The van der Waals surface area contributed by atoms with Crippen molar-refractivity contribution in [3.8, 4) is 0 Å². The summed E-state index contributed by atoms with van der Waals surface area (Å²) >= 11 is 0. The molecule has 86 valence electrons. The normalized spacial score (nSPS) is 37.2. The molecule has 15 heavy (non-hydrogen) atoms. The van der Waals surface area contributed by atoms with Crippen LogP contribution in [0.15, 0.2) is 0 Å². The molecule has 2 fully saturated rings. The first-order valence-electron chi connectivity index (χ1n) is 5.85. The lowest BCUT2D eigenvalue weighted by Gasteiger charge is -2.27. The Labute approximate surface area is 90.6 Å². The molecule has 2 heterocycles. The molecule has 2 rings (SSSR count). The molecular formula is C11H20N2O2. The molecule has 2 N–H and O–H groups in total. The van der Waals surface area contributed by atoms with Gasteiger partial charge in [0.25, 0.3) is 0 Å². The van der Waals surface area contributed by atoms with E-state index in [2.05, 4.69) is 17.1 Å². The number of aliphatic hydroxyl groups excluding tert-OH is 1. The lowest BCUT2D eigenvalue weighted by molar-refractivity contribution is -0.119. The van der Waals surface area contributed by atoms with Gasteiger partial charge in [-0.25, -0.2) is 0 Å². The van der Waals surface area contributed by atoms with E-state index >= 15 is 0 Å². The molecule has 0 aromatic rings. The van der Waals surface area contributed by atoms with Crippen LogP contribution >= 0.6 is 0 Å². The zero-order valence-corrected chi connectivity index (χ0v) is 9.28. The Hall–Kier alpha value is -0.610. The number of rotatable bonds is 3. The van der Waals surface area contributed by atoms with Gasteiger partial charge in [-0.05, 0) is 25.3 Å². The topological polar surface area (TPSA) is 52.6 Å². The minimum absolute atomic E-state index is 0.174. The van der Waals surface area contributed by atoms with E-state index in [0.29, 0.717) is 24.4 Å². The highest BCUT2D eigenvalue weighted by Crippen LogP contribution is 2.24. The van der Waals surface area contributed by atoms with Crippen LogP contribution in [0.25, 0.3) is 0 Å². The SMILES string of the molecule is CC1CCN(CC2CCC(=O)N2)C1CO. The van der Waals surface area contributed by atoms with E-state index in [-0.39, 0.29) is 12.5 Å². The quantitative estimate of drug-likeness (QED) is 0.690. The average molecular weight is 212 g/mol. The fourth-order valence-electron chi connectivity index (χ4n) is 2.71. The van der Waals surface area contributed by atoms with Crippen LogP contribution in [0.1, 0.15) is 26.2 Å². The predicted molar refractivity (Wildman–Crippen MR) is 57.4 cm³/mol. The minimum Gasteiger partial charge on any atom is -0.395 e. The third kappa shape index (κ3) is 2.32. The smallest absolute Gasteiger partial charge is 0.220 e. The van der Waals surface area contributed by atoms with Crippen molar-refractivity contribution >= 4 is 5.91 Å². The number of likely N-dealkylation sites (tertiary alicyclic amines) is 1. The maximum atomic E-state index is 11.1. The highest BCUT2D eigenvalue weighted by molar-refractivity contribution is 5.78. The van der Waals surface area contributed by atoms with Gasteiger partial charge in [-0.3, -0.25) is 9.69 Å². The van der Waals surface area contributed by atoms with Crippen molar-refractivity contribution in [3.63, 3.8) is 0 Å². The summed E-state index contributed by atoms with van der Waals surface area (Å²) in [6, 6.07) is 0.597. The van der Waals surface area contributed by atoms with Gasteiger partial charge in [0, 0.05) is 25.0 Å². The van der Waals surface area contributed by atoms with Crippen molar-refractivity contribution in [2.24, 2.45) is 5.92 Å². The van der Waals surface area contributed by atoms with Crippen molar-refractivity contribution in [1.82, 2.24) is 10.2 Å². The van der Waals surface area contributed by atoms with E-state index in [0.717, 1.165) is 25.9 Å². The van der Waals surface area contributed by atoms with Gasteiger partial charge in [0.15, 0.2) is 0 Å². The van der Waals surface area contributed by atoms with Gasteiger partial charge >= 0.3 is 0 Å². The first-order chi connectivity index (χ1) is 7.20. The Bertz CT molecular complexity index is 245. The highest BCUT2D eigenvalue weighted by Gasteiger charge is 2.33. The number of hydrogen-bond donors (Lipinski definition) is 2. The number of nitrogens with zero attached hydrogens (tertiary/aromatic N) is 1. The fourth-order valence-corrected chi connectivity index (χ4v) is 2.71. The Morgan fingerprint density at radius 1 is 1.53 bits per heavy atom. The molecule has 0 radical (unpaired) electrons. The number of nitrogens with one attached hydrogen (secondary N) is 1. The van der Waals surface area contributed by atoms with Crippen LogP contribution in [0.4, 0.5) is 0 Å². The van der Waals surface area contributed by atoms with Crippen LogP contribution in [0, 0.1) is 5.92 Å². The van der Waals surface area contributed by atoms with Crippen LogP contribution < -0.4 is 5.32 Å². The summed E-state index contributed by atoms with van der Waals surface area (Å²) in [5.41, 5.74) is 0. The largest absolute Gasteiger partial charge is 0.395 e. The number of carbonyl (C=O) groups is 1. The molecule has 0 aliphatic carbocycles. The second kappa shape index (κ2) is 4.49. The molecule has 2 aliphatic heterocycles. The van der Waals surface area contributed by atoms with Crippen LogP contribution in [-0.4, -0.2) is 47.7 Å². The van der Waals surface area contributed by atoms with Crippen LogP contribution in [0.2, 0.25) is 0 Å². The third-order valence-electron chi connectivity index (χ3n) is 3.72. The van der Waals surface area contributed by atoms with E-state index < -0.39 is 0 Å². The Balaban J connectivity index is 1.86. The first kappa shape index (κ1) is 10.9. The first-order valence-corrected chi connectivity index (χ1v) is 5.85. The van der Waals surface area contributed by atoms with Gasteiger partial charge in [-0.2, -0.15) is 0 Å². The number of aliphatic hydroxyl groups is 1. The molecule has 4 nitrogen and oxygen atoms in total. The molecule has 0 bridgehead atoms. The van der Waals surface area contributed by atoms with E-state index in [1.807, 2.05) is 0 Å². The number of amides is 1. The summed E-state index contributed by atoms with van der Waals surface area (Å²) in [6.07, 6.45) is 2.77. The fraction of sp³-hybridized carbons (Fsp3) is 0.909. The maximum absolute atomic E-state index is 11.1. The minimum atomic E-state index is 0.174. The van der Waals surface area contributed by atoms with Crippen molar-refractivity contribution in [3.05, 3.63) is 0 Å². The molecule has 0 aromatic carbocycles. The van der Waals surface area contributed by atoms with E-state index in [1.54, 1.807) is 0 Å². The van der Waals surface area contributed by atoms with Crippen molar-refractivity contribution in [1.29, 1.82) is 0 Å². The van der Waals surface area contributed by atoms with Crippen molar-refractivity contribution < 1.29 is 9.90 Å². The molecular weight excluding hydrogens is 192 g/mol. The average Bonchev–Trinajstić information content (AvgIpc) is 2.75. The third-order valence-corrected chi connectivity index (χ3v) is 3.72. The lowest BCUT2D eigenvalue weighted by atomic mass is 10.0. The van der Waals surface area contributed by atoms with Gasteiger partial charge in [-0.15, -0.1) is 0 Å². The Morgan fingerprint density at radius 2 is 2.33 bits per heavy atom. The summed E-state index contributed by atoms with van der Waals surface area (Å²) < 4.78 is 0. The predicted octanol–water partition coefficient (Wildman–Crippen LogP) is -0.0323. The highest BCUT2D eigenvalue weighted by atomic mass is 16.3. The molecule has 0 aromatic heterocycles. The number of carbonyl (C=O) groups excluding carboxylic acids is 1. The zero-order chi connectivity index (χ0) is 10.8. The van der Waals surface area contributed by atoms with Crippen LogP contribution in [-0.2, 0) is 4.79 Å². The molecule has 2 saturated heterocycles. The molecule has 4 heteroatoms. The van der Waals surface area contributed by atoms with E-state index in [9.17, 15) is 9.90 Å². The summed E-state index contributed by atoms with van der Waals surface area (Å²) in [5, 5.41) is 12.3. The molecule has 3 atom stereocenters.